The van der Waals surface area contributed by atoms with Crippen LogP contribution >= 0.6 is 11.3 Å². The first kappa shape index (κ1) is 20.6. The average Bonchev–Trinajstić information content (AvgIpc) is 3.01. The van der Waals surface area contributed by atoms with Gasteiger partial charge in [0.15, 0.2) is 0 Å². The van der Waals surface area contributed by atoms with Gasteiger partial charge in [-0.2, -0.15) is 0 Å². The number of rotatable bonds is 3. The van der Waals surface area contributed by atoms with Crippen molar-refractivity contribution in [1.82, 2.24) is 14.9 Å². The third-order valence-corrected chi connectivity index (χ3v) is 6.78. The number of thiophene rings is 1. The first-order chi connectivity index (χ1) is 14.3. The lowest BCUT2D eigenvalue weighted by Crippen LogP contribution is -2.50. The van der Waals surface area contributed by atoms with Gasteiger partial charge in [-0.3, -0.25) is 0 Å². The Morgan fingerprint density at radius 2 is 1.83 bits per heavy atom. The second-order valence-electron chi connectivity index (χ2n) is 8.30. The number of hydrogen-bond acceptors (Lipinski definition) is 5. The summed E-state index contributed by atoms with van der Waals surface area (Å²) in [6.07, 6.45) is 0. The van der Waals surface area contributed by atoms with E-state index >= 15 is 0 Å². The highest BCUT2D eigenvalue weighted by Gasteiger charge is 2.26. The number of nitrogens with zero attached hydrogens (tertiary/aromatic N) is 4. The summed E-state index contributed by atoms with van der Waals surface area (Å²) in [5, 5.41) is 4.18. The number of hydrogen-bond donors (Lipinski definition) is 1. The zero-order chi connectivity index (χ0) is 21.4. The summed E-state index contributed by atoms with van der Waals surface area (Å²) in [4.78, 5) is 29.0. The van der Waals surface area contributed by atoms with E-state index < -0.39 is 0 Å². The fourth-order valence-electron chi connectivity index (χ4n) is 3.78. The highest BCUT2D eigenvalue weighted by atomic mass is 32.1. The lowest BCUT2D eigenvalue weighted by atomic mass is 10.1. The van der Waals surface area contributed by atoms with Gasteiger partial charge in [0.25, 0.3) is 0 Å². The van der Waals surface area contributed by atoms with E-state index in [0.29, 0.717) is 13.1 Å². The summed E-state index contributed by atoms with van der Waals surface area (Å²) >= 11 is 1.74. The average molecular weight is 424 g/mol. The highest BCUT2D eigenvalue weighted by molar-refractivity contribution is 7.18. The molecule has 7 heteroatoms. The molecule has 0 bridgehead atoms. The Hall–Kier alpha value is -2.67. The Balaban J connectivity index is 1.52. The SMILES string of the molecule is Cc1cccc(NC(=O)N2CCN(c3nc(C(C)C)nc4sc(C)c(C)c34)CC2)c1. The summed E-state index contributed by atoms with van der Waals surface area (Å²) in [5.41, 5.74) is 3.23. The molecule has 158 valence electrons. The molecule has 1 fully saturated rings. The van der Waals surface area contributed by atoms with E-state index in [2.05, 4.69) is 37.9 Å². The van der Waals surface area contributed by atoms with Crippen LogP contribution in [0.25, 0.3) is 10.2 Å². The number of amides is 2. The topological polar surface area (TPSA) is 61.4 Å². The van der Waals surface area contributed by atoms with E-state index in [1.807, 2.05) is 36.1 Å². The number of urea groups is 1. The number of aryl methyl sites for hydroxylation is 3. The Morgan fingerprint density at radius 3 is 2.50 bits per heavy atom. The minimum absolute atomic E-state index is 0.0430. The molecule has 0 atom stereocenters. The lowest BCUT2D eigenvalue weighted by molar-refractivity contribution is 0.208. The Morgan fingerprint density at radius 1 is 1.10 bits per heavy atom. The van der Waals surface area contributed by atoms with Gasteiger partial charge in [0, 0.05) is 42.7 Å². The minimum atomic E-state index is -0.0430. The van der Waals surface area contributed by atoms with Crippen LogP contribution in [0.4, 0.5) is 16.3 Å². The van der Waals surface area contributed by atoms with Gasteiger partial charge in [-0.05, 0) is 44.0 Å². The molecule has 0 radical (unpaired) electrons. The largest absolute Gasteiger partial charge is 0.352 e. The highest BCUT2D eigenvalue weighted by Crippen LogP contribution is 2.36. The van der Waals surface area contributed by atoms with Crippen molar-refractivity contribution < 1.29 is 4.79 Å². The second-order valence-corrected chi connectivity index (χ2v) is 9.50. The van der Waals surface area contributed by atoms with Gasteiger partial charge in [0.05, 0.1) is 5.39 Å². The van der Waals surface area contributed by atoms with Crippen LogP contribution in [0.15, 0.2) is 24.3 Å². The van der Waals surface area contributed by atoms with E-state index in [-0.39, 0.29) is 11.9 Å². The molecular formula is C23H29N5OS. The molecule has 1 N–H and O–H groups in total. The van der Waals surface area contributed by atoms with Gasteiger partial charge < -0.3 is 15.1 Å². The Labute approximate surface area is 181 Å². The van der Waals surface area contributed by atoms with Crippen molar-refractivity contribution in [2.45, 2.75) is 40.5 Å². The van der Waals surface area contributed by atoms with Crippen molar-refractivity contribution in [1.29, 1.82) is 0 Å². The summed E-state index contributed by atoms with van der Waals surface area (Å²) in [7, 11) is 0. The first-order valence-electron chi connectivity index (χ1n) is 10.5. The van der Waals surface area contributed by atoms with Crippen LogP contribution in [0.2, 0.25) is 0 Å². The maximum Gasteiger partial charge on any atom is 0.321 e. The molecule has 4 rings (SSSR count). The van der Waals surface area contributed by atoms with E-state index in [1.165, 1.54) is 15.8 Å². The normalized spacial score (nSPS) is 14.6. The molecular weight excluding hydrogens is 394 g/mol. The molecule has 6 nitrogen and oxygen atoms in total. The van der Waals surface area contributed by atoms with Crippen molar-refractivity contribution in [2.75, 3.05) is 36.4 Å². The van der Waals surface area contributed by atoms with E-state index in [9.17, 15) is 4.79 Å². The number of piperazine rings is 1. The third kappa shape index (κ3) is 3.99. The van der Waals surface area contributed by atoms with E-state index in [0.717, 1.165) is 40.8 Å². The molecule has 1 aliphatic rings. The quantitative estimate of drug-likeness (QED) is 0.637. The molecule has 2 aromatic heterocycles. The van der Waals surface area contributed by atoms with Gasteiger partial charge in [-0.25, -0.2) is 14.8 Å². The molecule has 0 saturated carbocycles. The van der Waals surface area contributed by atoms with Crippen LogP contribution in [0.3, 0.4) is 0 Å². The molecule has 1 saturated heterocycles. The second kappa shape index (κ2) is 8.22. The van der Waals surface area contributed by atoms with Crippen molar-refractivity contribution >= 4 is 39.1 Å². The van der Waals surface area contributed by atoms with E-state index in [4.69, 9.17) is 9.97 Å². The molecule has 0 spiro atoms. The zero-order valence-corrected chi connectivity index (χ0v) is 19.1. The number of fused-ring (bicyclic) bond motifs is 1. The van der Waals surface area contributed by atoms with Gasteiger partial charge in [0.2, 0.25) is 0 Å². The zero-order valence-electron chi connectivity index (χ0n) is 18.3. The maximum atomic E-state index is 12.7. The molecule has 0 unspecified atom stereocenters. The first-order valence-corrected chi connectivity index (χ1v) is 11.3. The standard InChI is InChI=1S/C23H29N5OS/c1-14(2)20-25-21(19-16(4)17(5)30-22(19)26-20)27-9-11-28(12-10-27)23(29)24-18-8-6-7-15(3)13-18/h6-8,13-14H,9-12H2,1-5H3,(H,24,29). The number of benzene rings is 1. The monoisotopic (exact) mass is 423 g/mol. The lowest BCUT2D eigenvalue weighted by Gasteiger charge is -2.36. The predicted molar refractivity (Wildman–Crippen MR) is 125 cm³/mol. The molecule has 3 heterocycles. The third-order valence-electron chi connectivity index (χ3n) is 5.68. The van der Waals surface area contributed by atoms with Crippen molar-refractivity contribution in [3.8, 4) is 0 Å². The maximum absolute atomic E-state index is 12.7. The van der Waals surface area contributed by atoms with Crippen LogP contribution in [0, 0.1) is 20.8 Å². The number of carbonyl (C=O) groups is 1. The summed E-state index contributed by atoms with van der Waals surface area (Å²) < 4.78 is 0. The van der Waals surface area contributed by atoms with Crippen molar-refractivity contribution in [2.24, 2.45) is 0 Å². The van der Waals surface area contributed by atoms with Crippen molar-refractivity contribution in [3.63, 3.8) is 0 Å². The molecule has 30 heavy (non-hydrogen) atoms. The summed E-state index contributed by atoms with van der Waals surface area (Å²) in [5.74, 6) is 2.18. The predicted octanol–water partition coefficient (Wildman–Crippen LogP) is 5.09. The van der Waals surface area contributed by atoms with Crippen LogP contribution < -0.4 is 10.2 Å². The van der Waals surface area contributed by atoms with Crippen LogP contribution in [0.5, 0.6) is 0 Å². The van der Waals surface area contributed by atoms with Gasteiger partial charge in [0.1, 0.15) is 16.5 Å². The smallest absolute Gasteiger partial charge is 0.321 e. The molecule has 1 aromatic carbocycles. The molecule has 3 aromatic rings. The summed E-state index contributed by atoms with van der Waals surface area (Å²) in [6, 6.07) is 7.85. The van der Waals surface area contributed by atoms with Crippen LogP contribution in [-0.2, 0) is 0 Å². The fourth-order valence-corrected chi connectivity index (χ4v) is 4.81. The minimum Gasteiger partial charge on any atom is -0.352 e. The Kier molecular flexibility index (Phi) is 5.64. The van der Waals surface area contributed by atoms with Gasteiger partial charge >= 0.3 is 6.03 Å². The summed E-state index contributed by atoms with van der Waals surface area (Å²) in [6.45, 7) is 13.5. The van der Waals surface area contributed by atoms with Gasteiger partial charge in [-0.15, -0.1) is 11.3 Å². The van der Waals surface area contributed by atoms with Crippen LogP contribution in [0.1, 0.15) is 41.6 Å². The number of aromatic nitrogens is 2. The number of anilines is 2. The molecule has 2 amide bonds. The number of carbonyl (C=O) groups excluding carboxylic acids is 1. The number of nitrogens with one attached hydrogen (secondary N) is 1. The van der Waals surface area contributed by atoms with Crippen molar-refractivity contribution in [3.05, 3.63) is 46.1 Å². The molecule has 1 aliphatic heterocycles. The Bertz CT molecular complexity index is 1080. The fraction of sp³-hybridized carbons (Fsp3) is 0.435. The van der Waals surface area contributed by atoms with Gasteiger partial charge in [-0.1, -0.05) is 26.0 Å². The van der Waals surface area contributed by atoms with Crippen LogP contribution in [-0.4, -0.2) is 47.1 Å². The van der Waals surface area contributed by atoms with E-state index in [1.54, 1.807) is 11.3 Å². The molecule has 0 aliphatic carbocycles.